The third-order valence-corrected chi connectivity index (χ3v) is 0.197. The molecule has 0 aromatic carbocycles. The fourth-order valence-corrected chi connectivity index (χ4v) is 0.0244. The molecule has 0 atom stereocenters. The molecular weight excluding hydrogens is 280 g/mol. The number of rotatable bonds is 0. The first-order chi connectivity index (χ1) is 7.81. The molecule has 0 aliphatic rings. The van der Waals surface area contributed by atoms with Crippen LogP contribution >= 0.6 is 0 Å². The van der Waals surface area contributed by atoms with Crippen LogP contribution in [-0.2, 0) is 40.6 Å². The second kappa shape index (κ2) is 230. The van der Waals surface area contributed by atoms with Gasteiger partial charge in [0.05, 0.1) is 6.57 Å². The smallest absolute Gasteiger partial charge is 0 e. The molecule has 0 saturated carbocycles. The van der Waals surface area contributed by atoms with Crippen LogP contribution in [0.3, 0.4) is 0 Å². The van der Waals surface area contributed by atoms with E-state index >= 15 is 0 Å². The summed E-state index contributed by atoms with van der Waals surface area (Å²) in [7, 11) is 0. The molecular formula is C8HCrF2NO5. The average Bonchev–Trinajstić information content (AvgIpc) is 2.48. The van der Waals surface area contributed by atoms with Crippen LogP contribution in [0, 0.1) is 39.8 Å². The van der Waals surface area contributed by atoms with E-state index in [0.717, 1.165) is 0 Å². The minimum absolute atomic E-state index is 0. The molecule has 0 heterocycles. The molecule has 88 valence electrons. The zero-order valence-corrected chi connectivity index (χ0v) is 9.00. The normalized spacial score (nSPS) is 4.29. The Hall–Kier alpha value is -1.68. The molecule has 0 saturated heterocycles. The molecule has 6 nitrogen and oxygen atoms in total. The standard InChI is InChI=1S/C3HF2N.5CO.Cr/c1-6-3(5)2-4;5*1-2;/h2H;;;;;;/b3-2+;;;;;;. The summed E-state index contributed by atoms with van der Waals surface area (Å²) >= 11 is 0. The summed E-state index contributed by atoms with van der Waals surface area (Å²) in [4.78, 5) is 2.08. The fraction of sp³-hybridized carbons (Fsp3) is 0. The SMILES string of the molecule is [C-]#[N+]/C(F)=C/F.[C-]#[O+].[C-]#[O+].[C-]#[O+].[C-]#[O+].[C-]#[O+].[Cr]. The van der Waals surface area contributed by atoms with E-state index < -0.39 is 5.95 Å². The van der Waals surface area contributed by atoms with Crippen LogP contribution in [0.2, 0.25) is 0 Å². The predicted octanol–water partition coefficient (Wildman–Crippen LogP) is 1.45. The maximum Gasteiger partial charge on any atom is 0 e. The zero-order chi connectivity index (χ0) is 15.0. The number of hydrogen-bond donors (Lipinski definition) is 0. The number of nitrogens with zero attached hydrogens (tertiary/aromatic N) is 1. The molecule has 0 aliphatic carbocycles. The van der Waals surface area contributed by atoms with Crippen LogP contribution in [0.1, 0.15) is 0 Å². The summed E-state index contributed by atoms with van der Waals surface area (Å²) in [6.45, 7) is 28.3. The van der Waals surface area contributed by atoms with Crippen LogP contribution in [0.5, 0.6) is 0 Å². The van der Waals surface area contributed by atoms with Gasteiger partial charge in [-0.15, -0.1) is 0 Å². The van der Waals surface area contributed by atoms with Gasteiger partial charge in [-0.05, 0) is 0 Å². The molecule has 0 fully saturated rings. The van der Waals surface area contributed by atoms with E-state index in [0.29, 0.717) is 0 Å². The Bertz CT molecular complexity index is 240. The minimum atomic E-state index is -1.41. The van der Waals surface area contributed by atoms with E-state index in [-0.39, 0.29) is 23.7 Å². The quantitative estimate of drug-likeness (QED) is 0.364. The number of halogens is 2. The van der Waals surface area contributed by atoms with Crippen molar-refractivity contribution in [1.29, 1.82) is 0 Å². The Balaban J connectivity index is -0.0000000158. The molecule has 0 aromatic rings. The van der Waals surface area contributed by atoms with Crippen molar-refractivity contribution in [1.82, 2.24) is 0 Å². The Morgan fingerprint density at radius 1 is 0.824 bits per heavy atom. The molecule has 9 heteroatoms. The van der Waals surface area contributed by atoms with Gasteiger partial charge < -0.3 is 0 Å². The summed E-state index contributed by atoms with van der Waals surface area (Å²) < 4.78 is 59.1. The Morgan fingerprint density at radius 2 is 1.00 bits per heavy atom. The van der Waals surface area contributed by atoms with Gasteiger partial charge in [0.25, 0.3) is 0 Å². The van der Waals surface area contributed by atoms with Gasteiger partial charge in [0.15, 0.2) is 0 Å². The summed E-state index contributed by atoms with van der Waals surface area (Å²) in [6.07, 6.45) is -0.382. The van der Waals surface area contributed by atoms with Crippen molar-refractivity contribution in [2.24, 2.45) is 0 Å². The van der Waals surface area contributed by atoms with Crippen LogP contribution in [-0.4, -0.2) is 0 Å². The van der Waals surface area contributed by atoms with Crippen molar-refractivity contribution in [3.8, 4) is 0 Å². The molecule has 0 unspecified atom stereocenters. The van der Waals surface area contributed by atoms with Gasteiger partial charge in [-0.1, -0.05) is 0 Å². The van der Waals surface area contributed by atoms with Crippen molar-refractivity contribution in [2.75, 3.05) is 0 Å². The van der Waals surface area contributed by atoms with Gasteiger partial charge in [0, 0.05) is 17.4 Å². The second-order valence-corrected chi connectivity index (χ2v) is 0.544. The van der Waals surface area contributed by atoms with E-state index in [4.69, 9.17) is 29.8 Å². The first-order valence-corrected chi connectivity index (χ1v) is 2.16. The minimum Gasteiger partial charge on any atom is 0 e. The van der Waals surface area contributed by atoms with Crippen molar-refractivity contribution in [2.45, 2.75) is 0 Å². The van der Waals surface area contributed by atoms with E-state index in [1.807, 2.05) is 0 Å². The van der Waals surface area contributed by atoms with Crippen LogP contribution in [0.25, 0.3) is 4.85 Å². The molecule has 0 rings (SSSR count). The van der Waals surface area contributed by atoms with E-state index in [9.17, 15) is 8.78 Å². The molecule has 0 bridgehead atoms. The van der Waals surface area contributed by atoms with Gasteiger partial charge in [-0.3, -0.25) is 0 Å². The first-order valence-electron chi connectivity index (χ1n) is 2.16. The van der Waals surface area contributed by atoms with E-state index in [1.165, 1.54) is 0 Å². The largest absolute Gasteiger partial charge is 0 e. The average molecular weight is 281 g/mol. The molecule has 0 N–H and O–H groups in total. The van der Waals surface area contributed by atoms with Gasteiger partial charge >= 0.3 is 62.5 Å². The van der Waals surface area contributed by atoms with Crippen molar-refractivity contribution >= 4 is 0 Å². The zero-order valence-electron chi connectivity index (χ0n) is 7.73. The topological polar surface area (TPSA) is 104 Å². The Labute approximate surface area is 107 Å². The van der Waals surface area contributed by atoms with Gasteiger partial charge in [-0.2, -0.15) is 0 Å². The monoisotopic (exact) mass is 281 g/mol. The van der Waals surface area contributed by atoms with E-state index in [1.54, 1.807) is 0 Å². The predicted molar refractivity (Wildman–Crippen MR) is 36.5 cm³/mol. The molecule has 0 radical (unpaired) electrons. The van der Waals surface area contributed by atoms with Gasteiger partial charge in [0.1, 0.15) is 6.33 Å². The summed E-state index contributed by atoms with van der Waals surface area (Å²) in [5.41, 5.74) is 0. The fourth-order valence-electron chi connectivity index (χ4n) is 0.0244. The Kier molecular flexibility index (Phi) is 615. The Morgan fingerprint density at radius 3 is 1.00 bits per heavy atom. The van der Waals surface area contributed by atoms with E-state index in [2.05, 4.69) is 38.1 Å². The molecule has 0 aromatic heterocycles. The third-order valence-electron chi connectivity index (χ3n) is 0.197. The maximum absolute atomic E-state index is 11.0. The second-order valence-electron chi connectivity index (χ2n) is 0.544. The molecule has 0 spiro atoms. The van der Waals surface area contributed by atoms with Crippen molar-refractivity contribution in [3.63, 3.8) is 0 Å². The summed E-state index contributed by atoms with van der Waals surface area (Å²) in [5, 5.41) is 0. The molecule has 17 heavy (non-hydrogen) atoms. The van der Waals surface area contributed by atoms with Crippen molar-refractivity contribution < 1.29 is 49.4 Å². The molecule has 0 amide bonds. The number of hydrogen-bond acceptors (Lipinski definition) is 0. The van der Waals surface area contributed by atoms with Gasteiger partial charge in [0.2, 0.25) is 0 Å². The summed E-state index contributed by atoms with van der Waals surface area (Å²) in [6, 6.07) is 0. The van der Waals surface area contributed by atoms with Crippen LogP contribution in [0.15, 0.2) is 12.3 Å². The maximum atomic E-state index is 11.0. The van der Waals surface area contributed by atoms with Gasteiger partial charge in [-0.25, -0.2) is 13.6 Å². The third kappa shape index (κ3) is 403. The first kappa shape index (κ1) is 45.4. The summed E-state index contributed by atoms with van der Waals surface area (Å²) in [5.74, 6) is -1.41. The van der Waals surface area contributed by atoms with Crippen molar-refractivity contribution in [3.05, 3.63) is 56.9 Å². The van der Waals surface area contributed by atoms with Crippen LogP contribution < -0.4 is 0 Å². The van der Waals surface area contributed by atoms with Crippen LogP contribution in [0.4, 0.5) is 8.78 Å². The molecule has 0 aliphatic heterocycles.